The van der Waals surface area contributed by atoms with Crippen LogP contribution in [0.15, 0.2) is 24.4 Å². The number of nitrogens with zero attached hydrogens (tertiary/aromatic N) is 2. The zero-order valence-corrected chi connectivity index (χ0v) is 10.9. The van der Waals surface area contributed by atoms with Crippen molar-refractivity contribution >= 4 is 0 Å². The molecule has 1 heterocycles. The van der Waals surface area contributed by atoms with Gasteiger partial charge in [0.2, 0.25) is 0 Å². The normalized spacial score (nSPS) is 10.8. The van der Waals surface area contributed by atoms with Gasteiger partial charge in [-0.25, -0.2) is 0 Å². The molecule has 0 aliphatic carbocycles. The van der Waals surface area contributed by atoms with Crippen molar-refractivity contribution in [2.24, 2.45) is 7.05 Å². The number of hydrogen-bond donors (Lipinski definition) is 1. The minimum Gasteiger partial charge on any atom is -0.314 e. The molecular weight excluding hydrogens is 210 g/mol. The van der Waals surface area contributed by atoms with Crippen molar-refractivity contribution in [2.45, 2.75) is 20.4 Å². The molecule has 17 heavy (non-hydrogen) atoms. The van der Waals surface area contributed by atoms with Gasteiger partial charge in [-0.05, 0) is 37.6 Å². The van der Waals surface area contributed by atoms with E-state index in [2.05, 4.69) is 48.7 Å². The standard InChI is InChI=1S/C14H19N3/c1-10-5-6-12(7-11(10)2)13-9-17(4)16-14(13)8-15-3/h5-7,9,15H,8H2,1-4H3. The molecule has 90 valence electrons. The van der Waals surface area contributed by atoms with Gasteiger partial charge in [0.25, 0.3) is 0 Å². The molecule has 1 aromatic heterocycles. The summed E-state index contributed by atoms with van der Waals surface area (Å²) in [5.41, 5.74) is 6.20. The number of benzene rings is 1. The summed E-state index contributed by atoms with van der Waals surface area (Å²) in [5.74, 6) is 0. The summed E-state index contributed by atoms with van der Waals surface area (Å²) in [7, 11) is 3.91. The van der Waals surface area contributed by atoms with Crippen LogP contribution in [0.3, 0.4) is 0 Å². The lowest BCUT2D eigenvalue weighted by molar-refractivity contribution is 0.712. The molecule has 1 aromatic carbocycles. The van der Waals surface area contributed by atoms with Crippen molar-refractivity contribution < 1.29 is 0 Å². The van der Waals surface area contributed by atoms with Crippen molar-refractivity contribution in [3.05, 3.63) is 41.2 Å². The summed E-state index contributed by atoms with van der Waals surface area (Å²) < 4.78 is 1.87. The van der Waals surface area contributed by atoms with Crippen LogP contribution >= 0.6 is 0 Å². The lowest BCUT2D eigenvalue weighted by atomic mass is 10.0. The van der Waals surface area contributed by atoms with Crippen LogP contribution in [-0.2, 0) is 13.6 Å². The molecule has 0 unspecified atom stereocenters. The molecule has 0 saturated heterocycles. The van der Waals surface area contributed by atoms with E-state index in [0.29, 0.717) is 0 Å². The Morgan fingerprint density at radius 2 is 2.00 bits per heavy atom. The Balaban J connectivity index is 2.47. The average molecular weight is 229 g/mol. The maximum atomic E-state index is 4.48. The lowest BCUT2D eigenvalue weighted by Crippen LogP contribution is -2.07. The van der Waals surface area contributed by atoms with Crippen LogP contribution < -0.4 is 5.32 Å². The summed E-state index contributed by atoms with van der Waals surface area (Å²) in [6.07, 6.45) is 2.08. The van der Waals surface area contributed by atoms with Gasteiger partial charge in [-0.15, -0.1) is 0 Å². The van der Waals surface area contributed by atoms with Gasteiger partial charge in [0.05, 0.1) is 5.69 Å². The van der Waals surface area contributed by atoms with Crippen LogP contribution in [0.5, 0.6) is 0 Å². The van der Waals surface area contributed by atoms with Gasteiger partial charge in [0.15, 0.2) is 0 Å². The van der Waals surface area contributed by atoms with E-state index >= 15 is 0 Å². The van der Waals surface area contributed by atoms with Crippen LogP contribution in [0.1, 0.15) is 16.8 Å². The van der Waals surface area contributed by atoms with E-state index in [1.165, 1.54) is 22.3 Å². The van der Waals surface area contributed by atoms with E-state index in [4.69, 9.17) is 0 Å². The fourth-order valence-corrected chi connectivity index (χ4v) is 1.98. The highest BCUT2D eigenvalue weighted by atomic mass is 15.3. The van der Waals surface area contributed by atoms with E-state index < -0.39 is 0 Å². The monoisotopic (exact) mass is 229 g/mol. The van der Waals surface area contributed by atoms with Crippen LogP contribution in [0, 0.1) is 13.8 Å². The largest absolute Gasteiger partial charge is 0.314 e. The second-order valence-corrected chi connectivity index (χ2v) is 4.49. The predicted molar refractivity (Wildman–Crippen MR) is 70.9 cm³/mol. The molecule has 0 amide bonds. The van der Waals surface area contributed by atoms with Crippen molar-refractivity contribution in [1.82, 2.24) is 15.1 Å². The number of rotatable bonds is 3. The second-order valence-electron chi connectivity index (χ2n) is 4.49. The molecule has 2 rings (SSSR count). The molecule has 0 saturated carbocycles. The summed E-state index contributed by atoms with van der Waals surface area (Å²) >= 11 is 0. The number of aryl methyl sites for hydroxylation is 3. The minimum atomic E-state index is 0.795. The molecule has 0 spiro atoms. The van der Waals surface area contributed by atoms with Crippen molar-refractivity contribution in [2.75, 3.05) is 7.05 Å². The van der Waals surface area contributed by atoms with Crippen molar-refractivity contribution in [3.63, 3.8) is 0 Å². The summed E-state index contributed by atoms with van der Waals surface area (Å²) in [5, 5.41) is 7.64. The molecule has 0 aliphatic rings. The highest BCUT2D eigenvalue weighted by Gasteiger charge is 2.09. The molecule has 1 N–H and O–H groups in total. The Hall–Kier alpha value is -1.61. The topological polar surface area (TPSA) is 29.9 Å². The molecule has 0 atom stereocenters. The molecule has 3 heteroatoms. The number of nitrogens with one attached hydrogen (secondary N) is 1. The van der Waals surface area contributed by atoms with Crippen LogP contribution in [0.2, 0.25) is 0 Å². The molecule has 0 fully saturated rings. The highest BCUT2D eigenvalue weighted by molar-refractivity contribution is 5.66. The van der Waals surface area contributed by atoms with Gasteiger partial charge in [0, 0.05) is 25.4 Å². The summed E-state index contributed by atoms with van der Waals surface area (Å²) in [4.78, 5) is 0. The third-order valence-corrected chi connectivity index (χ3v) is 3.07. The quantitative estimate of drug-likeness (QED) is 0.876. The first-order chi connectivity index (χ1) is 8.11. The SMILES string of the molecule is CNCc1nn(C)cc1-c1ccc(C)c(C)c1. The van der Waals surface area contributed by atoms with Crippen LogP contribution in [-0.4, -0.2) is 16.8 Å². The average Bonchev–Trinajstić information content (AvgIpc) is 2.64. The van der Waals surface area contributed by atoms with E-state index in [1.54, 1.807) is 0 Å². The molecule has 3 nitrogen and oxygen atoms in total. The van der Waals surface area contributed by atoms with E-state index in [-0.39, 0.29) is 0 Å². The zero-order chi connectivity index (χ0) is 12.4. The molecular formula is C14H19N3. The summed E-state index contributed by atoms with van der Waals surface area (Å²) in [6.45, 7) is 5.08. The maximum Gasteiger partial charge on any atom is 0.0840 e. The fraction of sp³-hybridized carbons (Fsp3) is 0.357. The maximum absolute atomic E-state index is 4.48. The Morgan fingerprint density at radius 1 is 1.24 bits per heavy atom. The Kier molecular flexibility index (Phi) is 3.29. The van der Waals surface area contributed by atoms with E-state index in [9.17, 15) is 0 Å². The van der Waals surface area contributed by atoms with Gasteiger partial charge < -0.3 is 5.32 Å². The van der Waals surface area contributed by atoms with Gasteiger partial charge in [0.1, 0.15) is 0 Å². The first-order valence-electron chi connectivity index (χ1n) is 5.86. The molecule has 0 bridgehead atoms. The highest BCUT2D eigenvalue weighted by Crippen LogP contribution is 2.24. The first-order valence-corrected chi connectivity index (χ1v) is 5.86. The van der Waals surface area contributed by atoms with Crippen LogP contribution in [0.25, 0.3) is 11.1 Å². The Morgan fingerprint density at radius 3 is 2.65 bits per heavy atom. The van der Waals surface area contributed by atoms with E-state index in [0.717, 1.165) is 12.2 Å². The van der Waals surface area contributed by atoms with Gasteiger partial charge >= 0.3 is 0 Å². The Labute approximate surface area is 102 Å². The third-order valence-electron chi connectivity index (χ3n) is 3.07. The Bertz CT molecular complexity index is 526. The van der Waals surface area contributed by atoms with Crippen LogP contribution in [0.4, 0.5) is 0 Å². The minimum absolute atomic E-state index is 0.795. The second kappa shape index (κ2) is 4.72. The fourth-order valence-electron chi connectivity index (χ4n) is 1.98. The first kappa shape index (κ1) is 11.9. The van der Waals surface area contributed by atoms with E-state index in [1.807, 2.05) is 18.8 Å². The summed E-state index contributed by atoms with van der Waals surface area (Å²) in [6, 6.07) is 6.56. The van der Waals surface area contributed by atoms with Crippen molar-refractivity contribution in [1.29, 1.82) is 0 Å². The van der Waals surface area contributed by atoms with Gasteiger partial charge in [-0.2, -0.15) is 5.10 Å². The molecule has 0 radical (unpaired) electrons. The predicted octanol–water partition coefficient (Wildman–Crippen LogP) is 2.42. The smallest absolute Gasteiger partial charge is 0.0840 e. The lowest BCUT2D eigenvalue weighted by Gasteiger charge is -2.05. The zero-order valence-electron chi connectivity index (χ0n) is 10.9. The van der Waals surface area contributed by atoms with Crippen molar-refractivity contribution in [3.8, 4) is 11.1 Å². The third kappa shape index (κ3) is 2.39. The number of aromatic nitrogens is 2. The van der Waals surface area contributed by atoms with Gasteiger partial charge in [-0.1, -0.05) is 18.2 Å². The molecule has 0 aliphatic heterocycles. The number of hydrogen-bond acceptors (Lipinski definition) is 2. The van der Waals surface area contributed by atoms with Gasteiger partial charge in [-0.3, -0.25) is 4.68 Å². The molecule has 2 aromatic rings.